The monoisotopic (exact) mass is 894 g/mol. The number of halogens is 5. The Kier molecular flexibility index (Phi) is 16.6. The molecule has 0 bridgehead atoms. The predicted molar refractivity (Wildman–Crippen MR) is 194 cm³/mol. The van der Waals surface area contributed by atoms with E-state index in [1.165, 1.54) is 6.20 Å². The molecule has 2 aliphatic heterocycles. The number of anilines is 1. The maximum atomic E-state index is 12.3. The number of rotatable bonds is 3. The van der Waals surface area contributed by atoms with E-state index in [1.807, 2.05) is 70.2 Å². The van der Waals surface area contributed by atoms with E-state index in [2.05, 4.69) is 53.4 Å². The normalized spacial score (nSPS) is 15.9. The second kappa shape index (κ2) is 18.8. The number of nitrogens with zero attached hydrogens (tertiary/aromatic N) is 3. The Morgan fingerprint density at radius 1 is 0.844 bits per heavy atom. The number of alkyl carbamates (subject to hydrolysis) is 2. The van der Waals surface area contributed by atoms with Gasteiger partial charge in [0, 0.05) is 44.7 Å². The number of pyridine rings is 2. The summed E-state index contributed by atoms with van der Waals surface area (Å²) in [6, 6.07) is 3.94. The average Bonchev–Trinajstić information content (AvgIpc) is 2.93. The van der Waals surface area contributed by atoms with Crippen LogP contribution >= 0.6 is 68.4 Å². The second-order valence-corrected chi connectivity index (χ2v) is 15.5. The number of hydrogen-bond acceptors (Lipinski definition) is 8. The number of carbonyl (C=O) groups excluding carboxylic acids is 2. The molecule has 2 aliphatic rings. The summed E-state index contributed by atoms with van der Waals surface area (Å²) < 4.78 is 24.5. The molecule has 252 valence electrons. The average molecular weight is 895 g/mol. The van der Waals surface area contributed by atoms with Crippen LogP contribution in [-0.2, 0) is 9.47 Å². The van der Waals surface area contributed by atoms with Crippen molar-refractivity contribution in [1.82, 2.24) is 25.9 Å². The molecule has 4 heterocycles. The first kappa shape index (κ1) is 39.7. The number of aromatic nitrogens is 2. The summed E-state index contributed by atoms with van der Waals surface area (Å²) in [5.74, 6) is 0.216. The van der Waals surface area contributed by atoms with Crippen molar-refractivity contribution < 1.29 is 23.5 Å². The Hall–Kier alpha value is -1.43. The SMILES string of the molecule is CC(C)(C)OC(=O)NC1CCN(c2nccc(I)c2Cl)CC1.CC(C)(C)OC(=O)NC1CCNCC1.Fc1nccc(I)c1Cl. The predicted octanol–water partition coefficient (Wildman–Crippen LogP) is 7.57. The van der Waals surface area contributed by atoms with Gasteiger partial charge < -0.3 is 30.3 Å². The van der Waals surface area contributed by atoms with Gasteiger partial charge >= 0.3 is 12.2 Å². The standard InChI is InChI=1S/C15H21ClIN3O2.C10H20N2O2.C5H2ClFIN/c1-15(2,3)22-14(21)19-10-5-8-20(9-6-10)13-12(16)11(17)4-7-18-13;1-10(2,3)14-9(13)12-8-4-6-11-7-5-8;6-4-3(8)1-2-9-5(4)7/h4,7,10H,5-6,8-9H2,1-3H3,(H,19,21);8,11H,4-7H2,1-3H3,(H,12,13);1-2H. The quantitative estimate of drug-likeness (QED) is 0.214. The molecule has 2 aromatic rings. The lowest BCUT2D eigenvalue weighted by atomic mass is 10.1. The van der Waals surface area contributed by atoms with E-state index in [1.54, 1.807) is 12.3 Å². The largest absolute Gasteiger partial charge is 0.444 e. The first-order chi connectivity index (χ1) is 20.9. The van der Waals surface area contributed by atoms with Crippen LogP contribution in [-0.4, -0.2) is 71.6 Å². The van der Waals surface area contributed by atoms with Crippen LogP contribution < -0.4 is 20.9 Å². The van der Waals surface area contributed by atoms with E-state index in [9.17, 15) is 14.0 Å². The van der Waals surface area contributed by atoms with Gasteiger partial charge in [0.15, 0.2) is 0 Å². The van der Waals surface area contributed by atoms with Crippen LogP contribution in [0.15, 0.2) is 24.5 Å². The molecule has 3 N–H and O–H groups in total. The molecule has 0 unspecified atom stereocenters. The highest BCUT2D eigenvalue weighted by atomic mass is 127. The van der Waals surface area contributed by atoms with Crippen molar-refractivity contribution >= 4 is 86.4 Å². The number of carbonyl (C=O) groups is 2. The molecule has 2 amide bonds. The first-order valence-electron chi connectivity index (χ1n) is 14.7. The van der Waals surface area contributed by atoms with Gasteiger partial charge in [-0.15, -0.1) is 0 Å². The van der Waals surface area contributed by atoms with Crippen molar-refractivity contribution in [2.45, 2.75) is 90.5 Å². The third-order valence-electron chi connectivity index (χ3n) is 6.20. The van der Waals surface area contributed by atoms with Gasteiger partial charge in [-0.25, -0.2) is 19.6 Å². The minimum absolute atomic E-state index is 0.0955. The third-order valence-corrected chi connectivity index (χ3v) is 9.37. The van der Waals surface area contributed by atoms with E-state index < -0.39 is 17.1 Å². The molecule has 0 aromatic carbocycles. The van der Waals surface area contributed by atoms with Crippen LogP contribution in [0.2, 0.25) is 10.0 Å². The topological polar surface area (TPSA) is 118 Å². The number of piperidine rings is 2. The summed E-state index contributed by atoms with van der Waals surface area (Å²) in [6.07, 6.45) is 6.17. The Bertz CT molecular complexity index is 1230. The third kappa shape index (κ3) is 15.8. The van der Waals surface area contributed by atoms with E-state index in [4.69, 9.17) is 32.7 Å². The fourth-order valence-electron chi connectivity index (χ4n) is 4.18. The lowest BCUT2D eigenvalue weighted by molar-refractivity contribution is 0.0484. The Labute approximate surface area is 302 Å². The molecule has 2 fully saturated rings. The highest BCUT2D eigenvalue weighted by Gasteiger charge is 2.25. The first-order valence-corrected chi connectivity index (χ1v) is 17.6. The van der Waals surface area contributed by atoms with Crippen molar-refractivity contribution in [3.8, 4) is 0 Å². The van der Waals surface area contributed by atoms with Gasteiger partial charge in [0.1, 0.15) is 22.0 Å². The molecule has 15 heteroatoms. The fourth-order valence-corrected chi connectivity index (χ4v) is 5.31. The van der Waals surface area contributed by atoms with E-state index in [0.717, 1.165) is 61.3 Å². The summed E-state index contributed by atoms with van der Waals surface area (Å²) in [7, 11) is 0. The zero-order valence-electron chi connectivity index (χ0n) is 26.5. The van der Waals surface area contributed by atoms with Crippen molar-refractivity contribution in [2.24, 2.45) is 0 Å². The molecule has 10 nitrogen and oxygen atoms in total. The molecule has 0 aliphatic carbocycles. The molecule has 4 rings (SSSR count). The van der Waals surface area contributed by atoms with Gasteiger partial charge in [0.05, 0.1) is 5.02 Å². The molecular weight excluding hydrogens is 852 g/mol. The minimum Gasteiger partial charge on any atom is -0.444 e. The molecular formula is C30H43Cl2FI2N6O4. The molecule has 0 radical (unpaired) electrons. The zero-order valence-corrected chi connectivity index (χ0v) is 32.3. The zero-order chi connectivity index (χ0) is 33.8. The summed E-state index contributed by atoms with van der Waals surface area (Å²) in [4.78, 5) is 33.0. The number of nitrogens with one attached hydrogen (secondary N) is 3. The van der Waals surface area contributed by atoms with Gasteiger partial charge in [0.2, 0.25) is 5.95 Å². The summed E-state index contributed by atoms with van der Waals surface area (Å²) in [6.45, 7) is 14.8. The van der Waals surface area contributed by atoms with Crippen LogP contribution in [0.4, 0.5) is 19.8 Å². The van der Waals surface area contributed by atoms with Crippen LogP contribution in [0.25, 0.3) is 0 Å². The van der Waals surface area contributed by atoms with Gasteiger partial charge in [-0.2, -0.15) is 4.39 Å². The maximum absolute atomic E-state index is 12.3. The summed E-state index contributed by atoms with van der Waals surface area (Å²) in [5, 5.41) is 9.84. The molecule has 2 saturated heterocycles. The van der Waals surface area contributed by atoms with Crippen LogP contribution in [0.1, 0.15) is 67.2 Å². The van der Waals surface area contributed by atoms with Crippen LogP contribution in [0, 0.1) is 13.1 Å². The second-order valence-electron chi connectivity index (χ2n) is 12.4. The van der Waals surface area contributed by atoms with Gasteiger partial charge in [0.25, 0.3) is 0 Å². The molecule has 45 heavy (non-hydrogen) atoms. The minimum atomic E-state index is -0.608. The van der Waals surface area contributed by atoms with E-state index >= 15 is 0 Å². The highest BCUT2D eigenvalue weighted by molar-refractivity contribution is 14.1. The maximum Gasteiger partial charge on any atom is 0.407 e. The van der Waals surface area contributed by atoms with E-state index in [0.29, 0.717) is 8.59 Å². The van der Waals surface area contributed by atoms with Crippen LogP contribution in [0.3, 0.4) is 0 Å². The van der Waals surface area contributed by atoms with Crippen molar-refractivity contribution in [1.29, 1.82) is 0 Å². The van der Waals surface area contributed by atoms with Crippen molar-refractivity contribution in [3.63, 3.8) is 0 Å². The van der Waals surface area contributed by atoms with Crippen molar-refractivity contribution in [2.75, 3.05) is 31.1 Å². The Morgan fingerprint density at radius 3 is 1.73 bits per heavy atom. The van der Waals surface area contributed by atoms with Gasteiger partial charge in [-0.1, -0.05) is 23.2 Å². The van der Waals surface area contributed by atoms with Crippen LogP contribution in [0.5, 0.6) is 0 Å². The number of amides is 2. The summed E-state index contributed by atoms with van der Waals surface area (Å²) >= 11 is 15.9. The smallest absolute Gasteiger partial charge is 0.407 e. The molecule has 0 spiro atoms. The fraction of sp³-hybridized carbons (Fsp3) is 0.600. The molecule has 0 atom stereocenters. The van der Waals surface area contributed by atoms with Gasteiger partial charge in [-0.3, -0.25) is 0 Å². The summed E-state index contributed by atoms with van der Waals surface area (Å²) in [5.41, 5.74) is -0.875. The van der Waals surface area contributed by atoms with Crippen molar-refractivity contribution in [3.05, 3.63) is 47.7 Å². The van der Waals surface area contributed by atoms with E-state index in [-0.39, 0.29) is 29.3 Å². The number of ether oxygens (including phenoxy) is 2. The van der Waals surface area contributed by atoms with Gasteiger partial charge in [-0.05, 0) is 138 Å². The highest BCUT2D eigenvalue weighted by Crippen LogP contribution is 2.29. The number of hydrogen-bond donors (Lipinski definition) is 3. The Morgan fingerprint density at radius 2 is 1.29 bits per heavy atom. The Balaban J connectivity index is 0.000000261. The molecule has 2 aromatic heterocycles. The lowest BCUT2D eigenvalue weighted by Gasteiger charge is -2.34. The molecule has 0 saturated carbocycles. The lowest BCUT2D eigenvalue weighted by Crippen LogP contribution is -2.46.